The van der Waals surface area contributed by atoms with E-state index in [1.54, 1.807) is 7.05 Å². The highest BCUT2D eigenvalue weighted by Crippen LogP contribution is 2.10. The highest BCUT2D eigenvalue weighted by molar-refractivity contribution is 5.95. The SMILES string of the molecule is Cc1ccc(NC(=O)CN(C)C(=O)C2CCCCN2)cc1. The summed E-state index contributed by atoms with van der Waals surface area (Å²) in [7, 11) is 1.67. The van der Waals surface area contributed by atoms with Crippen LogP contribution in [0, 0.1) is 6.92 Å². The summed E-state index contributed by atoms with van der Waals surface area (Å²) in [6, 6.07) is 7.46. The Balaban J connectivity index is 1.83. The zero-order valence-corrected chi connectivity index (χ0v) is 12.7. The molecular weight excluding hydrogens is 266 g/mol. The third-order valence-corrected chi connectivity index (χ3v) is 3.70. The Morgan fingerprint density at radius 3 is 2.62 bits per heavy atom. The minimum atomic E-state index is -0.175. The molecule has 2 amide bonds. The van der Waals surface area contributed by atoms with Gasteiger partial charge in [-0.2, -0.15) is 0 Å². The normalized spacial score (nSPS) is 18.1. The van der Waals surface area contributed by atoms with E-state index in [0.29, 0.717) is 0 Å². The minimum Gasteiger partial charge on any atom is -0.335 e. The zero-order valence-electron chi connectivity index (χ0n) is 12.7. The van der Waals surface area contributed by atoms with Crippen molar-refractivity contribution in [1.82, 2.24) is 10.2 Å². The molecule has 1 atom stereocenters. The lowest BCUT2D eigenvalue weighted by molar-refractivity contribution is -0.135. The molecule has 1 unspecified atom stereocenters. The summed E-state index contributed by atoms with van der Waals surface area (Å²) in [6.07, 6.45) is 3.02. The molecule has 1 heterocycles. The summed E-state index contributed by atoms with van der Waals surface area (Å²) >= 11 is 0. The van der Waals surface area contributed by atoms with Crippen molar-refractivity contribution in [3.05, 3.63) is 29.8 Å². The topological polar surface area (TPSA) is 61.4 Å². The number of hydrogen-bond acceptors (Lipinski definition) is 3. The van der Waals surface area contributed by atoms with Gasteiger partial charge in [-0.3, -0.25) is 9.59 Å². The fourth-order valence-corrected chi connectivity index (χ4v) is 2.46. The molecule has 0 saturated carbocycles. The third kappa shape index (κ3) is 4.56. The fraction of sp³-hybridized carbons (Fsp3) is 0.500. The van der Waals surface area contributed by atoms with Crippen molar-refractivity contribution in [2.45, 2.75) is 32.2 Å². The quantitative estimate of drug-likeness (QED) is 0.884. The average Bonchev–Trinajstić information content (AvgIpc) is 2.49. The van der Waals surface area contributed by atoms with Crippen molar-refractivity contribution in [2.75, 3.05) is 25.5 Å². The lowest BCUT2D eigenvalue weighted by Gasteiger charge is -2.27. The maximum Gasteiger partial charge on any atom is 0.243 e. The van der Waals surface area contributed by atoms with Crippen molar-refractivity contribution in [3.8, 4) is 0 Å². The number of anilines is 1. The van der Waals surface area contributed by atoms with Gasteiger partial charge < -0.3 is 15.5 Å². The number of aryl methyl sites for hydroxylation is 1. The lowest BCUT2D eigenvalue weighted by atomic mass is 10.0. The second-order valence-corrected chi connectivity index (χ2v) is 5.61. The molecular formula is C16H23N3O2. The van der Waals surface area contributed by atoms with Crippen LogP contribution in [0.15, 0.2) is 24.3 Å². The third-order valence-electron chi connectivity index (χ3n) is 3.70. The van der Waals surface area contributed by atoms with E-state index in [9.17, 15) is 9.59 Å². The highest BCUT2D eigenvalue weighted by Gasteiger charge is 2.24. The van der Waals surface area contributed by atoms with Crippen molar-refractivity contribution in [3.63, 3.8) is 0 Å². The van der Waals surface area contributed by atoms with Crippen LogP contribution in [-0.4, -0.2) is 42.9 Å². The lowest BCUT2D eigenvalue weighted by Crippen LogP contribution is -2.48. The molecule has 2 N–H and O–H groups in total. The van der Waals surface area contributed by atoms with Gasteiger partial charge in [-0.25, -0.2) is 0 Å². The second-order valence-electron chi connectivity index (χ2n) is 5.61. The van der Waals surface area contributed by atoms with Crippen LogP contribution in [0.3, 0.4) is 0 Å². The molecule has 1 aromatic rings. The molecule has 21 heavy (non-hydrogen) atoms. The number of amides is 2. The van der Waals surface area contributed by atoms with Gasteiger partial charge in [0.25, 0.3) is 0 Å². The van der Waals surface area contributed by atoms with Gasteiger partial charge in [0.2, 0.25) is 11.8 Å². The summed E-state index contributed by atoms with van der Waals surface area (Å²) in [5.74, 6) is -0.181. The molecule has 0 aliphatic carbocycles. The van der Waals surface area contributed by atoms with Crippen LogP contribution < -0.4 is 10.6 Å². The van der Waals surface area contributed by atoms with Gasteiger partial charge in [-0.15, -0.1) is 0 Å². The molecule has 5 nitrogen and oxygen atoms in total. The summed E-state index contributed by atoms with van der Waals surface area (Å²) in [5.41, 5.74) is 1.89. The van der Waals surface area contributed by atoms with Crippen LogP contribution in [0.1, 0.15) is 24.8 Å². The fourth-order valence-electron chi connectivity index (χ4n) is 2.46. The van der Waals surface area contributed by atoms with Gasteiger partial charge in [0.1, 0.15) is 0 Å². The molecule has 114 valence electrons. The second kappa shape index (κ2) is 7.22. The Morgan fingerprint density at radius 2 is 2.00 bits per heavy atom. The molecule has 0 spiro atoms. The number of nitrogens with zero attached hydrogens (tertiary/aromatic N) is 1. The Morgan fingerprint density at radius 1 is 1.29 bits per heavy atom. The summed E-state index contributed by atoms with van der Waals surface area (Å²) in [5, 5.41) is 6.01. The Kier molecular flexibility index (Phi) is 5.33. The first kappa shape index (κ1) is 15.5. The first-order valence-corrected chi connectivity index (χ1v) is 7.41. The van der Waals surface area contributed by atoms with E-state index >= 15 is 0 Å². The van der Waals surface area contributed by atoms with Crippen LogP contribution in [0.5, 0.6) is 0 Å². The maximum atomic E-state index is 12.2. The van der Waals surface area contributed by atoms with Gasteiger partial charge in [0.15, 0.2) is 0 Å². The Labute approximate surface area is 125 Å². The molecule has 0 aromatic heterocycles. The van der Waals surface area contributed by atoms with Gasteiger partial charge in [-0.05, 0) is 38.4 Å². The molecule has 2 rings (SSSR count). The smallest absolute Gasteiger partial charge is 0.243 e. The molecule has 0 bridgehead atoms. The van der Waals surface area contributed by atoms with Crippen molar-refractivity contribution < 1.29 is 9.59 Å². The number of nitrogens with one attached hydrogen (secondary N) is 2. The van der Waals surface area contributed by atoms with Crippen LogP contribution in [-0.2, 0) is 9.59 Å². The average molecular weight is 289 g/mol. The number of carbonyl (C=O) groups excluding carboxylic acids is 2. The summed E-state index contributed by atoms with van der Waals surface area (Å²) in [4.78, 5) is 25.7. The van der Waals surface area contributed by atoms with Gasteiger partial charge in [-0.1, -0.05) is 24.1 Å². The first-order chi connectivity index (χ1) is 10.1. The maximum absolute atomic E-state index is 12.2. The van der Waals surface area contributed by atoms with E-state index in [0.717, 1.165) is 37.1 Å². The predicted molar refractivity (Wildman–Crippen MR) is 83.1 cm³/mol. The van der Waals surface area contributed by atoms with E-state index < -0.39 is 0 Å². The van der Waals surface area contributed by atoms with E-state index in [2.05, 4.69) is 10.6 Å². The number of likely N-dealkylation sites (N-methyl/N-ethyl adjacent to an activating group) is 1. The number of benzene rings is 1. The monoisotopic (exact) mass is 289 g/mol. The van der Waals surface area contributed by atoms with Crippen molar-refractivity contribution in [2.24, 2.45) is 0 Å². The number of rotatable bonds is 4. The van der Waals surface area contributed by atoms with E-state index in [4.69, 9.17) is 0 Å². The van der Waals surface area contributed by atoms with E-state index in [1.165, 1.54) is 4.90 Å². The summed E-state index contributed by atoms with van der Waals surface area (Å²) < 4.78 is 0. The Bertz CT molecular complexity index is 493. The standard InChI is InChI=1S/C16H23N3O2/c1-12-6-8-13(9-7-12)18-15(20)11-19(2)16(21)14-5-3-4-10-17-14/h6-9,14,17H,3-5,10-11H2,1-2H3,(H,18,20). The minimum absolute atomic E-state index is 0.00578. The van der Waals surface area contributed by atoms with E-state index in [1.807, 2.05) is 31.2 Å². The molecule has 0 radical (unpaired) electrons. The first-order valence-electron chi connectivity index (χ1n) is 7.41. The molecule has 1 aliphatic rings. The van der Waals surface area contributed by atoms with Gasteiger partial charge in [0, 0.05) is 12.7 Å². The molecule has 1 aromatic carbocycles. The molecule has 1 aliphatic heterocycles. The van der Waals surface area contributed by atoms with Gasteiger partial charge >= 0.3 is 0 Å². The van der Waals surface area contributed by atoms with Crippen LogP contribution >= 0.6 is 0 Å². The van der Waals surface area contributed by atoms with Crippen LogP contribution in [0.25, 0.3) is 0 Å². The summed E-state index contributed by atoms with van der Waals surface area (Å²) in [6.45, 7) is 2.94. The highest BCUT2D eigenvalue weighted by atomic mass is 16.2. The number of piperidine rings is 1. The zero-order chi connectivity index (χ0) is 15.2. The molecule has 5 heteroatoms. The van der Waals surface area contributed by atoms with Gasteiger partial charge in [0.05, 0.1) is 12.6 Å². The van der Waals surface area contributed by atoms with Crippen LogP contribution in [0.2, 0.25) is 0 Å². The molecule has 1 fully saturated rings. The van der Waals surface area contributed by atoms with Crippen molar-refractivity contribution >= 4 is 17.5 Å². The number of carbonyl (C=O) groups is 2. The van der Waals surface area contributed by atoms with Crippen LogP contribution in [0.4, 0.5) is 5.69 Å². The number of hydrogen-bond donors (Lipinski definition) is 2. The molecule has 1 saturated heterocycles. The largest absolute Gasteiger partial charge is 0.335 e. The Hall–Kier alpha value is -1.88. The van der Waals surface area contributed by atoms with Crippen molar-refractivity contribution in [1.29, 1.82) is 0 Å². The van der Waals surface area contributed by atoms with E-state index in [-0.39, 0.29) is 24.4 Å². The predicted octanol–water partition coefficient (Wildman–Crippen LogP) is 1.53.